The number of hydrogen-bond donors (Lipinski definition) is 2. The van der Waals surface area contributed by atoms with Crippen molar-refractivity contribution >= 4 is 24.1 Å². The van der Waals surface area contributed by atoms with Crippen LogP contribution in [0.3, 0.4) is 0 Å². The van der Waals surface area contributed by atoms with Crippen molar-refractivity contribution in [1.82, 2.24) is 10.6 Å². The third kappa shape index (κ3) is 10.6. The van der Waals surface area contributed by atoms with E-state index in [2.05, 4.69) is 10.6 Å². The minimum atomic E-state index is -1.14. The van der Waals surface area contributed by atoms with Crippen molar-refractivity contribution in [2.75, 3.05) is 20.8 Å². The van der Waals surface area contributed by atoms with Crippen molar-refractivity contribution in [3.63, 3.8) is 0 Å². The summed E-state index contributed by atoms with van der Waals surface area (Å²) in [6, 6.07) is 8.04. The fraction of sp³-hybridized carbons (Fsp3) is 0.545. The van der Waals surface area contributed by atoms with Crippen LogP contribution in [0, 0.1) is 5.92 Å². The molecule has 1 aromatic carbocycles. The first kappa shape index (κ1) is 26.7. The molecule has 32 heavy (non-hydrogen) atoms. The summed E-state index contributed by atoms with van der Waals surface area (Å²) < 4.78 is 19.8. The van der Waals surface area contributed by atoms with Gasteiger partial charge in [0.05, 0.1) is 20.1 Å². The number of carbonyl (C=O) groups excluding carboxylic acids is 4. The Morgan fingerprint density at radius 1 is 0.938 bits per heavy atom. The summed E-state index contributed by atoms with van der Waals surface area (Å²) in [5, 5.41) is 4.97. The second-order valence-corrected chi connectivity index (χ2v) is 7.95. The Bertz CT molecular complexity index is 761. The summed E-state index contributed by atoms with van der Waals surface area (Å²) >= 11 is 0. The molecule has 0 aliphatic rings. The Kier molecular flexibility index (Phi) is 11.0. The lowest BCUT2D eigenvalue weighted by atomic mass is 9.96. The molecule has 0 saturated carbocycles. The Morgan fingerprint density at radius 2 is 1.56 bits per heavy atom. The Balaban J connectivity index is 2.64. The number of carbonyl (C=O) groups is 4. The zero-order chi connectivity index (χ0) is 24.1. The van der Waals surface area contributed by atoms with E-state index in [1.807, 2.05) is 30.3 Å². The van der Waals surface area contributed by atoms with Crippen LogP contribution in [0.2, 0.25) is 0 Å². The van der Waals surface area contributed by atoms with Crippen LogP contribution < -0.4 is 10.6 Å². The smallest absolute Gasteiger partial charge is 0.408 e. The van der Waals surface area contributed by atoms with Crippen LogP contribution in [0.15, 0.2) is 30.3 Å². The lowest BCUT2D eigenvalue weighted by Gasteiger charge is -2.24. The zero-order valence-corrected chi connectivity index (χ0v) is 19.1. The molecular weight excluding hydrogens is 420 g/mol. The average molecular weight is 453 g/mol. The molecule has 0 saturated heterocycles. The first-order chi connectivity index (χ1) is 15.1. The predicted molar refractivity (Wildman–Crippen MR) is 115 cm³/mol. The van der Waals surface area contributed by atoms with Gasteiger partial charge < -0.3 is 29.6 Å². The highest BCUT2D eigenvalue weighted by Gasteiger charge is 2.31. The standard InChI is InChI=1S/C22H32N2O8/c1-22(2,3)32-21(28)24-17(19(26)30-5)13-16(18(25)29-4)11-12-23-20(27)31-14-15-9-7-6-8-10-15/h6-10,16-17H,11-14H2,1-5H3,(H,23,27)(H,24,28). The molecular formula is C22H32N2O8. The van der Waals surface area contributed by atoms with Gasteiger partial charge in [-0.3, -0.25) is 4.79 Å². The fourth-order valence-corrected chi connectivity index (χ4v) is 2.71. The maximum atomic E-state index is 12.2. The van der Waals surface area contributed by atoms with Gasteiger partial charge in [-0.1, -0.05) is 30.3 Å². The first-order valence-electron chi connectivity index (χ1n) is 10.2. The molecule has 0 aliphatic heterocycles. The van der Waals surface area contributed by atoms with Crippen molar-refractivity contribution in [2.45, 2.75) is 51.9 Å². The number of esters is 2. The van der Waals surface area contributed by atoms with Gasteiger partial charge in [-0.2, -0.15) is 0 Å². The molecule has 0 aromatic heterocycles. The van der Waals surface area contributed by atoms with Crippen LogP contribution >= 0.6 is 0 Å². The molecule has 0 heterocycles. The third-order valence-electron chi connectivity index (χ3n) is 4.21. The van der Waals surface area contributed by atoms with Gasteiger partial charge in [0.2, 0.25) is 0 Å². The van der Waals surface area contributed by atoms with Crippen LogP contribution in [0.25, 0.3) is 0 Å². The maximum absolute atomic E-state index is 12.2. The van der Waals surface area contributed by atoms with E-state index < -0.39 is 41.7 Å². The highest BCUT2D eigenvalue weighted by molar-refractivity contribution is 5.82. The van der Waals surface area contributed by atoms with Gasteiger partial charge in [0.25, 0.3) is 0 Å². The second kappa shape index (κ2) is 13.2. The maximum Gasteiger partial charge on any atom is 0.408 e. The number of methoxy groups -OCH3 is 2. The van der Waals surface area contributed by atoms with E-state index in [4.69, 9.17) is 18.9 Å². The number of amides is 2. The van der Waals surface area contributed by atoms with Crippen LogP contribution in [-0.4, -0.2) is 56.5 Å². The van der Waals surface area contributed by atoms with E-state index in [0.29, 0.717) is 0 Å². The minimum absolute atomic E-state index is 0.0910. The summed E-state index contributed by atoms with van der Waals surface area (Å²) in [7, 11) is 2.38. The molecule has 1 rings (SSSR count). The predicted octanol–water partition coefficient (Wildman–Crippen LogP) is 2.55. The van der Waals surface area contributed by atoms with Crippen molar-refractivity contribution in [2.24, 2.45) is 5.92 Å². The Morgan fingerprint density at radius 3 is 2.12 bits per heavy atom. The van der Waals surface area contributed by atoms with Crippen molar-refractivity contribution < 1.29 is 38.1 Å². The van der Waals surface area contributed by atoms with Gasteiger partial charge >= 0.3 is 24.1 Å². The summed E-state index contributed by atoms with van der Waals surface area (Å²) in [6.45, 7) is 5.24. The van der Waals surface area contributed by atoms with Crippen molar-refractivity contribution in [3.05, 3.63) is 35.9 Å². The fourth-order valence-electron chi connectivity index (χ4n) is 2.71. The van der Waals surface area contributed by atoms with Gasteiger partial charge in [0.15, 0.2) is 0 Å². The lowest BCUT2D eigenvalue weighted by Crippen LogP contribution is -2.46. The largest absolute Gasteiger partial charge is 0.469 e. The van der Waals surface area contributed by atoms with E-state index in [-0.39, 0.29) is 26.0 Å². The van der Waals surface area contributed by atoms with Crippen LogP contribution in [-0.2, 0) is 35.1 Å². The topological polar surface area (TPSA) is 129 Å². The Hall–Kier alpha value is -3.30. The quantitative estimate of drug-likeness (QED) is 0.409. The molecule has 2 atom stereocenters. The van der Waals surface area contributed by atoms with Gasteiger partial charge in [0, 0.05) is 6.54 Å². The summed E-state index contributed by atoms with van der Waals surface area (Å²) in [4.78, 5) is 48.3. The lowest BCUT2D eigenvalue weighted by molar-refractivity contribution is -0.148. The number of rotatable bonds is 10. The number of ether oxygens (including phenoxy) is 4. The average Bonchev–Trinajstić information content (AvgIpc) is 2.74. The van der Waals surface area contributed by atoms with Crippen molar-refractivity contribution in [3.8, 4) is 0 Å². The molecule has 0 radical (unpaired) electrons. The molecule has 10 heteroatoms. The van der Waals surface area contributed by atoms with Crippen molar-refractivity contribution in [1.29, 1.82) is 0 Å². The number of hydrogen-bond acceptors (Lipinski definition) is 8. The number of alkyl carbamates (subject to hydrolysis) is 2. The molecule has 2 N–H and O–H groups in total. The summed E-state index contributed by atoms with van der Waals surface area (Å²) in [5.41, 5.74) is 0.0699. The highest BCUT2D eigenvalue weighted by Crippen LogP contribution is 2.15. The monoisotopic (exact) mass is 452 g/mol. The first-order valence-corrected chi connectivity index (χ1v) is 10.2. The Labute approximate surface area is 187 Å². The molecule has 10 nitrogen and oxygen atoms in total. The van der Waals surface area contributed by atoms with Crippen LogP contribution in [0.4, 0.5) is 9.59 Å². The second-order valence-electron chi connectivity index (χ2n) is 7.95. The van der Waals surface area contributed by atoms with E-state index in [9.17, 15) is 19.2 Å². The minimum Gasteiger partial charge on any atom is -0.469 e. The number of benzene rings is 1. The van der Waals surface area contributed by atoms with E-state index in [1.165, 1.54) is 14.2 Å². The third-order valence-corrected chi connectivity index (χ3v) is 4.21. The zero-order valence-electron chi connectivity index (χ0n) is 19.1. The summed E-state index contributed by atoms with van der Waals surface area (Å²) in [6.07, 6.45) is -1.41. The molecule has 0 bridgehead atoms. The number of nitrogens with one attached hydrogen (secondary N) is 2. The van der Waals surface area contributed by atoms with Gasteiger partial charge in [-0.25, -0.2) is 14.4 Å². The molecule has 2 unspecified atom stereocenters. The van der Waals surface area contributed by atoms with Crippen LogP contribution in [0.1, 0.15) is 39.2 Å². The SMILES string of the molecule is COC(=O)C(CCNC(=O)OCc1ccccc1)CC(NC(=O)OC(C)(C)C)C(=O)OC. The van der Waals surface area contributed by atoms with Gasteiger partial charge in [-0.05, 0) is 39.2 Å². The molecule has 0 fully saturated rings. The van der Waals surface area contributed by atoms with Crippen LogP contribution in [0.5, 0.6) is 0 Å². The van der Waals surface area contributed by atoms with Gasteiger partial charge in [-0.15, -0.1) is 0 Å². The molecule has 178 valence electrons. The molecule has 0 spiro atoms. The molecule has 1 aromatic rings. The van der Waals surface area contributed by atoms with E-state index in [0.717, 1.165) is 5.56 Å². The highest BCUT2D eigenvalue weighted by atomic mass is 16.6. The molecule has 2 amide bonds. The summed E-state index contributed by atoms with van der Waals surface area (Å²) in [5.74, 6) is -2.13. The molecule has 0 aliphatic carbocycles. The van der Waals surface area contributed by atoms with E-state index in [1.54, 1.807) is 20.8 Å². The van der Waals surface area contributed by atoms with E-state index >= 15 is 0 Å². The normalized spacial score (nSPS) is 12.7. The van der Waals surface area contributed by atoms with Gasteiger partial charge in [0.1, 0.15) is 18.2 Å².